The molecule has 1 amide bonds. The van der Waals surface area contributed by atoms with E-state index in [1.165, 1.54) is 0 Å². The van der Waals surface area contributed by atoms with E-state index in [-0.39, 0.29) is 5.91 Å². The summed E-state index contributed by atoms with van der Waals surface area (Å²) in [6.07, 6.45) is 0.787. The number of aromatic nitrogens is 2. The number of methoxy groups -OCH3 is 1. The van der Waals surface area contributed by atoms with Crippen LogP contribution in [0.1, 0.15) is 36.5 Å². The molecule has 0 unspecified atom stereocenters. The summed E-state index contributed by atoms with van der Waals surface area (Å²) < 4.78 is 4.94. The molecule has 112 valence electrons. The van der Waals surface area contributed by atoms with Crippen molar-refractivity contribution in [2.75, 3.05) is 38.3 Å². The Hall–Kier alpha value is -1.69. The quantitative estimate of drug-likeness (QED) is 0.729. The SMILES string of the molecule is CCN(CC)c1nc(C)cc(C(=O)NCCCOC)n1. The van der Waals surface area contributed by atoms with Crippen LogP contribution >= 0.6 is 0 Å². The molecule has 0 bridgehead atoms. The Morgan fingerprint density at radius 2 is 2.05 bits per heavy atom. The Bertz CT molecular complexity index is 433. The third kappa shape index (κ3) is 4.77. The van der Waals surface area contributed by atoms with Crippen LogP contribution in [0.2, 0.25) is 0 Å². The van der Waals surface area contributed by atoms with Gasteiger partial charge in [0, 0.05) is 39.0 Å². The minimum atomic E-state index is -0.167. The fourth-order valence-electron chi connectivity index (χ4n) is 1.83. The van der Waals surface area contributed by atoms with E-state index in [1.54, 1.807) is 13.2 Å². The zero-order valence-corrected chi connectivity index (χ0v) is 12.8. The number of anilines is 1. The molecule has 0 aliphatic carbocycles. The second-order valence-electron chi connectivity index (χ2n) is 4.47. The first-order chi connectivity index (χ1) is 9.62. The number of carbonyl (C=O) groups excluding carboxylic acids is 1. The van der Waals surface area contributed by atoms with E-state index in [1.807, 2.05) is 25.7 Å². The number of amides is 1. The molecule has 0 spiro atoms. The zero-order valence-electron chi connectivity index (χ0n) is 12.8. The van der Waals surface area contributed by atoms with Crippen LogP contribution in [0.15, 0.2) is 6.07 Å². The van der Waals surface area contributed by atoms with Crippen molar-refractivity contribution >= 4 is 11.9 Å². The van der Waals surface area contributed by atoms with Crippen LogP contribution in [0.3, 0.4) is 0 Å². The minimum Gasteiger partial charge on any atom is -0.385 e. The molecule has 0 aliphatic heterocycles. The smallest absolute Gasteiger partial charge is 0.270 e. The van der Waals surface area contributed by atoms with Crippen molar-refractivity contribution < 1.29 is 9.53 Å². The Morgan fingerprint density at radius 3 is 2.65 bits per heavy atom. The van der Waals surface area contributed by atoms with Crippen molar-refractivity contribution in [3.63, 3.8) is 0 Å². The molecule has 0 fully saturated rings. The summed E-state index contributed by atoms with van der Waals surface area (Å²) in [7, 11) is 1.64. The number of nitrogens with zero attached hydrogens (tertiary/aromatic N) is 3. The highest BCUT2D eigenvalue weighted by atomic mass is 16.5. The van der Waals surface area contributed by atoms with Gasteiger partial charge in [0.2, 0.25) is 5.95 Å². The number of hydrogen-bond acceptors (Lipinski definition) is 5. The molecule has 0 radical (unpaired) electrons. The maximum absolute atomic E-state index is 12.1. The topological polar surface area (TPSA) is 67.4 Å². The van der Waals surface area contributed by atoms with Crippen molar-refractivity contribution in [1.82, 2.24) is 15.3 Å². The predicted octanol–water partition coefficient (Wildman–Crippen LogP) is 1.40. The lowest BCUT2D eigenvalue weighted by Gasteiger charge is -2.19. The van der Waals surface area contributed by atoms with E-state index >= 15 is 0 Å². The van der Waals surface area contributed by atoms with Gasteiger partial charge in [-0.25, -0.2) is 9.97 Å². The van der Waals surface area contributed by atoms with Crippen molar-refractivity contribution in [2.24, 2.45) is 0 Å². The van der Waals surface area contributed by atoms with Gasteiger partial charge < -0.3 is 15.0 Å². The molecule has 6 nitrogen and oxygen atoms in total. The number of rotatable bonds is 8. The van der Waals surface area contributed by atoms with Crippen molar-refractivity contribution in [2.45, 2.75) is 27.2 Å². The Morgan fingerprint density at radius 1 is 1.35 bits per heavy atom. The molecule has 0 aromatic carbocycles. The molecular weight excluding hydrogens is 256 g/mol. The molecule has 0 atom stereocenters. The van der Waals surface area contributed by atoms with Crippen LogP contribution < -0.4 is 10.2 Å². The van der Waals surface area contributed by atoms with Crippen LogP contribution in [0, 0.1) is 6.92 Å². The first-order valence-electron chi connectivity index (χ1n) is 7.00. The summed E-state index contributed by atoms with van der Waals surface area (Å²) in [6.45, 7) is 8.80. The standard InChI is InChI=1S/C14H24N4O2/c1-5-18(6-2)14-16-11(3)10-12(17-14)13(19)15-8-7-9-20-4/h10H,5-9H2,1-4H3,(H,15,19). The lowest BCUT2D eigenvalue weighted by atomic mass is 10.3. The van der Waals surface area contributed by atoms with Crippen LogP contribution in [0.5, 0.6) is 0 Å². The van der Waals surface area contributed by atoms with E-state index in [0.29, 0.717) is 24.8 Å². The molecule has 1 aromatic heterocycles. The fourth-order valence-corrected chi connectivity index (χ4v) is 1.83. The molecule has 1 N–H and O–H groups in total. The maximum Gasteiger partial charge on any atom is 0.270 e. The summed E-state index contributed by atoms with van der Waals surface area (Å²) in [6, 6.07) is 1.71. The van der Waals surface area contributed by atoms with Gasteiger partial charge in [0.25, 0.3) is 5.91 Å². The number of nitrogens with one attached hydrogen (secondary N) is 1. The van der Waals surface area contributed by atoms with Gasteiger partial charge in [-0.2, -0.15) is 0 Å². The van der Waals surface area contributed by atoms with Crippen molar-refractivity contribution in [1.29, 1.82) is 0 Å². The summed E-state index contributed by atoms with van der Waals surface area (Å²) in [4.78, 5) is 22.8. The summed E-state index contributed by atoms with van der Waals surface area (Å²) in [5, 5.41) is 2.84. The molecular formula is C14H24N4O2. The van der Waals surface area contributed by atoms with E-state index in [4.69, 9.17) is 4.74 Å². The molecule has 0 aliphatic rings. The normalized spacial score (nSPS) is 10.4. The number of aryl methyl sites for hydroxylation is 1. The lowest BCUT2D eigenvalue weighted by molar-refractivity contribution is 0.0943. The first kappa shape index (κ1) is 16.4. The van der Waals surface area contributed by atoms with Gasteiger partial charge in [0.05, 0.1) is 0 Å². The van der Waals surface area contributed by atoms with Crippen molar-refractivity contribution in [3.05, 3.63) is 17.5 Å². The molecule has 1 heterocycles. The van der Waals surface area contributed by atoms with Crippen LogP contribution in [-0.4, -0.2) is 49.2 Å². The third-order valence-electron chi connectivity index (χ3n) is 2.93. The summed E-state index contributed by atoms with van der Waals surface area (Å²) in [5.41, 5.74) is 1.21. The average molecular weight is 280 g/mol. The monoisotopic (exact) mass is 280 g/mol. The second kappa shape index (κ2) is 8.47. The predicted molar refractivity (Wildman–Crippen MR) is 79.2 cm³/mol. The molecule has 6 heteroatoms. The van der Waals surface area contributed by atoms with E-state index < -0.39 is 0 Å². The lowest BCUT2D eigenvalue weighted by Crippen LogP contribution is -2.29. The molecule has 0 saturated carbocycles. The Kier molecular flexibility index (Phi) is 6.93. The highest BCUT2D eigenvalue weighted by Crippen LogP contribution is 2.10. The maximum atomic E-state index is 12.1. The first-order valence-corrected chi connectivity index (χ1v) is 7.00. The van der Waals surface area contributed by atoms with Gasteiger partial charge in [0.15, 0.2) is 0 Å². The van der Waals surface area contributed by atoms with E-state index in [9.17, 15) is 4.79 Å². The molecule has 1 aromatic rings. The van der Waals surface area contributed by atoms with E-state index in [2.05, 4.69) is 15.3 Å². The summed E-state index contributed by atoms with van der Waals surface area (Å²) >= 11 is 0. The second-order valence-corrected chi connectivity index (χ2v) is 4.47. The Labute approximate surface area is 120 Å². The number of ether oxygens (including phenoxy) is 1. The molecule has 20 heavy (non-hydrogen) atoms. The highest BCUT2D eigenvalue weighted by molar-refractivity contribution is 5.92. The molecule has 0 saturated heterocycles. The van der Waals surface area contributed by atoms with E-state index in [0.717, 1.165) is 25.2 Å². The highest BCUT2D eigenvalue weighted by Gasteiger charge is 2.12. The average Bonchev–Trinajstić information content (AvgIpc) is 2.44. The van der Waals surface area contributed by atoms with Gasteiger partial charge in [-0.15, -0.1) is 0 Å². The minimum absolute atomic E-state index is 0.167. The van der Waals surface area contributed by atoms with Gasteiger partial charge in [-0.05, 0) is 33.3 Å². The fraction of sp³-hybridized carbons (Fsp3) is 0.643. The number of carbonyl (C=O) groups is 1. The largest absolute Gasteiger partial charge is 0.385 e. The van der Waals surface area contributed by atoms with Crippen LogP contribution in [0.4, 0.5) is 5.95 Å². The van der Waals surface area contributed by atoms with Crippen LogP contribution in [-0.2, 0) is 4.74 Å². The Balaban J connectivity index is 2.76. The van der Waals surface area contributed by atoms with Gasteiger partial charge >= 0.3 is 0 Å². The van der Waals surface area contributed by atoms with Gasteiger partial charge in [-0.3, -0.25) is 4.79 Å². The van der Waals surface area contributed by atoms with Crippen LogP contribution in [0.25, 0.3) is 0 Å². The van der Waals surface area contributed by atoms with Gasteiger partial charge in [-0.1, -0.05) is 0 Å². The number of hydrogen-bond donors (Lipinski definition) is 1. The third-order valence-corrected chi connectivity index (χ3v) is 2.93. The van der Waals surface area contributed by atoms with Crippen molar-refractivity contribution in [3.8, 4) is 0 Å². The summed E-state index contributed by atoms with van der Waals surface area (Å²) in [5.74, 6) is 0.442. The van der Waals surface area contributed by atoms with Gasteiger partial charge in [0.1, 0.15) is 5.69 Å². The zero-order chi connectivity index (χ0) is 15.0. The molecule has 1 rings (SSSR count).